The van der Waals surface area contributed by atoms with Crippen molar-refractivity contribution >= 4 is 11.7 Å². The highest BCUT2D eigenvalue weighted by Crippen LogP contribution is 2.36. The van der Waals surface area contributed by atoms with Crippen molar-refractivity contribution in [3.63, 3.8) is 0 Å². The molecular formula is C15H10F3NO6. The van der Waals surface area contributed by atoms with Gasteiger partial charge in [-0.25, -0.2) is 4.79 Å². The van der Waals surface area contributed by atoms with Gasteiger partial charge < -0.3 is 14.6 Å². The summed E-state index contributed by atoms with van der Waals surface area (Å²) in [5, 5.41) is 19.8. The molecule has 2 rings (SSSR count). The lowest BCUT2D eigenvalue weighted by atomic mass is 10.2. The number of benzene rings is 2. The fourth-order valence-corrected chi connectivity index (χ4v) is 1.84. The number of halogens is 3. The number of aromatic carboxylic acids is 1. The maximum Gasteiger partial charge on any atom is 0.416 e. The number of hydrogen-bond acceptors (Lipinski definition) is 5. The molecule has 0 unspecified atom stereocenters. The van der Waals surface area contributed by atoms with Crippen molar-refractivity contribution in [1.82, 2.24) is 0 Å². The van der Waals surface area contributed by atoms with Crippen LogP contribution < -0.4 is 9.47 Å². The lowest BCUT2D eigenvalue weighted by molar-refractivity contribution is -0.386. The van der Waals surface area contributed by atoms with Gasteiger partial charge in [0.2, 0.25) is 12.5 Å². The van der Waals surface area contributed by atoms with Crippen molar-refractivity contribution < 1.29 is 37.5 Å². The molecule has 7 nitrogen and oxygen atoms in total. The first-order valence-electron chi connectivity index (χ1n) is 6.63. The zero-order valence-electron chi connectivity index (χ0n) is 12.3. The molecule has 2 aromatic rings. The third-order valence-electron chi connectivity index (χ3n) is 3.00. The van der Waals surface area contributed by atoms with E-state index < -0.39 is 40.9 Å². The van der Waals surface area contributed by atoms with Crippen LogP contribution in [0.25, 0.3) is 0 Å². The maximum absolute atomic E-state index is 12.6. The van der Waals surface area contributed by atoms with Crippen molar-refractivity contribution in [2.45, 2.75) is 6.18 Å². The summed E-state index contributed by atoms with van der Waals surface area (Å²) in [6.45, 7) is -0.560. The van der Waals surface area contributed by atoms with Gasteiger partial charge in [0.25, 0.3) is 0 Å². The van der Waals surface area contributed by atoms with E-state index in [0.29, 0.717) is 12.1 Å². The van der Waals surface area contributed by atoms with Crippen molar-refractivity contribution in [3.8, 4) is 11.5 Å². The first-order valence-corrected chi connectivity index (χ1v) is 6.63. The molecule has 2 aromatic carbocycles. The van der Waals surface area contributed by atoms with Gasteiger partial charge >= 0.3 is 17.8 Å². The quantitative estimate of drug-likeness (QED) is 0.480. The second-order valence-electron chi connectivity index (χ2n) is 4.68. The molecule has 25 heavy (non-hydrogen) atoms. The van der Waals surface area contributed by atoms with Crippen LogP contribution in [0.3, 0.4) is 0 Å². The van der Waals surface area contributed by atoms with Crippen LogP contribution >= 0.6 is 0 Å². The molecule has 0 amide bonds. The predicted octanol–water partition coefficient (Wildman–Crippen LogP) is 3.73. The minimum Gasteiger partial charge on any atom is -0.478 e. The average Bonchev–Trinajstić information content (AvgIpc) is 2.54. The predicted molar refractivity (Wildman–Crippen MR) is 77.6 cm³/mol. The number of hydrogen-bond donors (Lipinski definition) is 1. The van der Waals surface area contributed by atoms with Crippen molar-refractivity contribution in [2.75, 3.05) is 6.79 Å². The smallest absolute Gasteiger partial charge is 0.416 e. The van der Waals surface area contributed by atoms with Gasteiger partial charge in [0.05, 0.1) is 16.1 Å². The molecule has 0 saturated carbocycles. The monoisotopic (exact) mass is 357 g/mol. The van der Waals surface area contributed by atoms with E-state index in [-0.39, 0.29) is 11.3 Å². The Morgan fingerprint density at radius 2 is 1.88 bits per heavy atom. The van der Waals surface area contributed by atoms with Crippen LogP contribution in [0.5, 0.6) is 11.5 Å². The van der Waals surface area contributed by atoms with E-state index in [0.717, 1.165) is 6.07 Å². The molecule has 0 aliphatic rings. The van der Waals surface area contributed by atoms with E-state index in [4.69, 9.17) is 14.6 Å². The number of alkyl halides is 3. The van der Waals surface area contributed by atoms with Crippen molar-refractivity contribution in [3.05, 3.63) is 63.7 Å². The van der Waals surface area contributed by atoms with E-state index >= 15 is 0 Å². The molecule has 0 bridgehead atoms. The number of ether oxygens (including phenoxy) is 2. The van der Waals surface area contributed by atoms with Gasteiger partial charge in [-0.2, -0.15) is 13.2 Å². The number of rotatable bonds is 6. The molecule has 0 radical (unpaired) electrons. The largest absolute Gasteiger partial charge is 0.478 e. The Labute approximate surface area is 138 Å². The van der Waals surface area contributed by atoms with E-state index in [9.17, 15) is 28.1 Å². The van der Waals surface area contributed by atoms with E-state index in [1.165, 1.54) is 24.3 Å². The van der Waals surface area contributed by atoms with Gasteiger partial charge in [-0.1, -0.05) is 6.07 Å². The van der Waals surface area contributed by atoms with Crippen LogP contribution in [-0.4, -0.2) is 22.8 Å². The molecule has 0 fully saturated rings. The summed E-state index contributed by atoms with van der Waals surface area (Å²) in [6, 6.07) is 7.20. The summed E-state index contributed by atoms with van der Waals surface area (Å²) in [7, 11) is 0. The van der Waals surface area contributed by atoms with Gasteiger partial charge in [0.15, 0.2) is 0 Å². The fourth-order valence-electron chi connectivity index (χ4n) is 1.84. The first-order chi connectivity index (χ1) is 11.7. The van der Waals surface area contributed by atoms with Crippen LogP contribution in [0.4, 0.5) is 18.9 Å². The number of carboxylic acids is 1. The molecule has 0 saturated heterocycles. The Bertz CT molecular complexity index is 806. The van der Waals surface area contributed by atoms with Gasteiger partial charge in [-0.3, -0.25) is 10.1 Å². The number of carbonyl (C=O) groups is 1. The van der Waals surface area contributed by atoms with Crippen molar-refractivity contribution in [2.24, 2.45) is 0 Å². The lowest BCUT2D eigenvalue weighted by Crippen LogP contribution is -2.10. The maximum atomic E-state index is 12.6. The van der Waals surface area contributed by atoms with Crippen LogP contribution in [0.2, 0.25) is 0 Å². The van der Waals surface area contributed by atoms with Gasteiger partial charge in [0, 0.05) is 6.07 Å². The summed E-state index contributed by atoms with van der Waals surface area (Å²) < 4.78 is 47.9. The number of nitrogens with zero attached hydrogens (tertiary/aromatic N) is 1. The highest BCUT2D eigenvalue weighted by Gasteiger charge is 2.33. The Kier molecular flexibility index (Phi) is 5.11. The van der Waals surface area contributed by atoms with Crippen LogP contribution in [0, 0.1) is 10.1 Å². The summed E-state index contributed by atoms with van der Waals surface area (Å²) in [6.07, 6.45) is -4.73. The van der Waals surface area contributed by atoms with Crippen LogP contribution in [-0.2, 0) is 6.18 Å². The Hall–Kier alpha value is -3.30. The third-order valence-corrected chi connectivity index (χ3v) is 3.00. The van der Waals surface area contributed by atoms with E-state index in [1.54, 1.807) is 0 Å². The Balaban J connectivity index is 2.11. The molecule has 1 N–H and O–H groups in total. The molecule has 0 aromatic heterocycles. The second-order valence-corrected chi connectivity index (χ2v) is 4.68. The SMILES string of the molecule is O=C(O)c1cccc(OCOc2ccc(C(F)(F)F)cc2[N+](=O)[O-])c1. The molecule has 0 aliphatic heterocycles. The number of nitro benzene ring substituents is 1. The number of carboxylic acid groups (broad SMARTS) is 1. The zero-order valence-corrected chi connectivity index (χ0v) is 12.3. The second kappa shape index (κ2) is 7.07. The molecule has 132 valence electrons. The highest BCUT2D eigenvalue weighted by atomic mass is 19.4. The fraction of sp³-hybridized carbons (Fsp3) is 0.133. The van der Waals surface area contributed by atoms with Gasteiger partial charge in [-0.05, 0) is 30.3 Å². The summed E-state index contributed by atoms with van der Waals surface area (Å²) in [5.74, 6) is -1.47. The Morgan fingerprint density at radius 1 is 1.16 bits per heavy atom. The molecule has 10 heteroatoms. The molecule has 0 atom stereocenters. The number of nitro groups is 1. The van der Waals surface area contributed by atoms with Crippen LogP contribution in [0.15, 0.2) is 42.5 Å². The summed E-state index contributed by atoms with van der Waals surface area (Å²) >= 11 is 0. The van der Waals surface area contributed by atoms with Crippen LogP contribution in [0.1, 0.15) is 15.9 Å². The third kappa shape index (κ3) is 4.59. The van der Waals surface area contributed by atoms with E-state index in [2.05, 4.69) is 0 Å². The minimum absolute atomic E-state index is 0.0435. The Morgan fingerprint density at radius 3 is 2.48 bits per heavy atom. The summed E-state index contributed by atoms with van der Waals surface area (Å²) in [4.78, 5) is 20.7. The van der Waals surface area contributed by atoms with Crippen molar-refractivity contribution in [1.29, 1.82) is 0 Å². The molecule has 0 spiro atoms. The molecule has 0 aliphatic carbocycles. The van der Waals surface area contributed by atoms with E-state index in [1.807, 2.05) is 0 Å². The normalized spacial score (nSPS) is 11.0. The lowest BCUT2D eigenvalue weighted by Gasteiger charge is -2.11. The average molecular weight is 357 g/mol. The van der Waals surface area contributed by atoms with Gasteiger partial charge in [0.1, 0.15) is 5.75 Å². The highest BCUT2D eigenvalue weighted by molar-refractivity contribution is 5.87. The molecule has 0 heterocycles. The zero-order chi connectivity index (χ0) is 18.6. The first kappa shape index (κ1) is 18.0. The molecular weight excluding hydrogens is 347 g/mol. The standard InChI is InChI=1S/C15H10F3NO6/c16-15(17,18)10-4-5-13(12(7-10)19(22)23)25-8-24-11-3-1-2-9(6-11)14(20)21/h1-7H,8H2,(H,20,21). The topological polar surface area (TPSA) is 98.9 Å². The van der Waals surface area contributed by atoms with Gasteiger partial charge in [-0.15, -0.1) is 0 Å². The summed E-state index contributed by atoms with van der Waals surface area (Å²) in [5.41, 5.74) is -2.09. The minimum atomic E-state index is -4.73.